The van der Waals surface area contributed by atoms with E-state index < -0.39 is 10.0 Å². The van der Waals surface area contributed by atoms with E-state index in [-0.39, 0.29) is 11.4 Å². The standard InChI is InChI=1S/C17H18N4O3S/c1-24-16-6-8-17(9-7-16)25(22,23)20-10-14-4-2-3-5-15(14)11-21-13-18-12-19-21/h2-9,12-13,20H,10-11H2,1H3. The van der Waals surface area contributed by atoms with E-state index >= 15 is 0 Å². The first-order chi connectivity index (χ1) is 12.1. The molecule has 0 spiro atoms. The summed E-state index contributed by atoms with van der Waals surface area (Å²) in [5.41, 5.74) is 1.86. The van der Waals surface area contributed by atoms with Crippen LogP contribution in [-0.2, 0) is 23.1 Å². The Morgan fingerprint density at radius 3 is 2.44 bits per heavy atom. The van der Waals surface area contributed by atoms with Crippen molar-refractivity contribution < 1.29 is 13.2 Å². The fraction of sp³-hybridized carbons (Fsp3) is 0.176. The molecule has 0 saturated heterocycles. The van der Waals surface area contributed by atoms with Crippen molar-refractivity contribution >= 4 is 10.0 Å². The molecule has 0 radical (unpaired) electrons. The van der Waals surface area contributed by atoms with Crippen LogP contribution in [0.25, 0.3) is 0 Å². The molecule has 7 nitrogen and oxygen atoms in total. The molecule has 0 saturated carbocycles. The largest absolute Gasteiger partial charge is 0.497 e. The van der Waals surface area contributed by atoms with E-state index in [2.05, 4.69) is 14.8 Å². The topological polar surface area (TPSA) is 86.1 Å². The van der Waals surface area contributed by atoms with Crippen LogP contribution in [0.2, 0.25) is 0 Å². The Kier molecular flexibility index (Phi) is 5.11. The zero-order valence-corrected chi connectivity index (χ0v) is 14.5. The minimum atomic E-state index is -3.60. The molecule has 0 aliphatic rings. The molecule has 8 heteroatoms. The number of aromatic nitrogens is 3. The molecule has 1 aromatic heterocycles. The maximum atomic E-state index is 12.5. The second kappa shape index (κ2) is 7.45. The number of ether oxygens (including phenoxy) is 1. The second-order valence-electron chi connectivity index (χ2n) is 5.36. The van der Waals surface area contributed by atoms with Gasteiger partial charge in [0.15, 0.2) is 0 Å². The summed E-state index contributed by atoms with van der Waals surface area (Å²) in [7, 11) is -2.07. The monoisotopic (exact) mass is 358 g/mol. The summed E-state index contributed by atoms with van der Waals surface area (Å²) in [6.45, 7) is 0.722. The molecule has 0 unspecified atom stereocenters. The first-order valence-electron chi connectivity index (χ1n) is 7.61. The SMILES string of the molecule is COc1ccc(S(=O)(=O)NCc2ccccc2Cn2cncn2)cc1. The van der Waals surface area contributed by atoms with Gasteiger partial charge in [-0.25, -0.2) is 22.8 Å². The van der Waals surface area contributed by atoms with Gasteiger partial charge in [-0.3, -0.25) is 0 Å². The average molecular weight is 358 g/mol. The molecule has 3 rings (SSSR count). The fourth-order valence-corrected chi connectivity index (χ4v) is 3.39. The summed E-state index contributed by atoms with van der Waals surface area (Å²) >= 11 is 0. The van der Waals surface area contributed by atoms with Crippen molar-refractivity contribution in [3.8, 4) is 5.75 Å². The van der Waals surface area contributed by atoms with Gasteiger partial charge in [-0.2, -0.15) is 5.10 Å². The minimum absolute atomic E-state index is 0.194. The van der Waals surface area contributed by atoms with Crippen molar-refractivity contribution in [3.63, 3.8) is 0 Å². The van der Waals surface area contributed by atoms with Crippen LogP contribution in [0.15, 0.2) is 66.1 Å². The maximum absolute atomic E-state index is 12.5. The van der Waals surface area contributed by atoms with Crippen LogP contribution >= 0.6 is 0 Å². The molecular weight excluding hydrogens is 340 g/mol. The lowest BCUT2D eigenvalue weighted by Gasteiger charge is -2.11. The Labute approximate surface area is 146 Å². The van der Waals surface area contributed by atoms with Crippen LogP contribution in [0.4, 0.5) is 0 Å². The van der Waals surface area contributed by atoms with Crippen molar-refractivity contribution in [1.82, 2.24) is 19.5 Å². The number of hydrogen-bond donors (Lipinski definition) is 1. The van der Waals surface area contributed by atoms with Crippen LogP contribution in [-0.4, -0.2) is 30.3 Å². The molecule has 0 aliphatic carbocycles. The average Bonchev–Trinajstić information content (AvgIpc) is 3.14. The number of hydrogen-bond acceptors (Lipinski definition) is 5. The number of sulfonamides is 1. The highest BCUT2D eigenvalue weighted by molar-refractivity contribution is 7.89. The van der Waals surface area contributed by atoms with Gasteiger partial charge < -0.3 is 4.74 Å². The Balaban J connectivity index is 1.74. The lowest BCUT2D eigenvalue weighted by atomic mass is 10.1. The molecule has 0 aliphatic heterocycles. The molecule has 1 N–H and O–H groups in total. The van der Waals surface area contributed by atoms with Gasteiger partial charge in [0, 0.05) is 6.54 Å². The molecule has 0 bridgehead atoms. The van der Waals surface area contributed by atoms with E-state index in [4.69, 9.17) is 4.74 Å². The number of methoxy groups -OCH3 is 1. The zero-order valence-electron chi connectivity index (χ0n) is 13.7. The van der Waals surface area contributed by atoms with Crippen LogP contribution in [0.5, 0.6) is 5.75 Å². The molecule has 130 valence electrons. The lowest BCUT2D eigenvalue weighted by molar-refractivity contribution is 0.414. The van der Waals surface area contributed by atoms with Crippen molar-refractivity contribution in [1.29, 1.82) is 0 Å². The van der Waals surface area contributed by atoms with Crippen molar-refractivity contribution in [3.05, 3.63) is 72.3 Å². The molecule has 25 heavy (non-hydrogen) atoms. The summed E-state index contributed by atoms with van der Waals surface area (Å²) in [5.74, 6) is 0.608. The molecule has 0 atom stereocenters. The highest BCUT2D eigenvalue weighted by Gasteiger charge is 2.14. The highest BCUT2D eigenvalue weighted by Crippen LogP contribution is 2.16. The van der Waals surface area contributed by atoms with Crippen LogP contribution in [0.3, 0.4) is 0 Å². The quantitative estimate of drug-likeness (QED) is 0.696. The Morgan fingerprint density at radius 1 is 1.08 bits per heavy atom. The maximum Gasteiger partial charge on any atom is 0.240 e. The van der Waals surface area contributed by atoms with E-state index in [9.17, 15) is 8.42 Å². The smallest absolute Gasteiger partial charge is 0.240 e. The van der Waals surface area contributed by atoms with Gasteiger partial charge in [-0.05, 0) is 35.4 Å². The second-order valence-corrected chi connectivity index (χ2v) is 7.13. The van der Waals surface area contributed by atoms with Gasteiger partial charge in [0.2, 0.25) is 10.0 Å². The number of rotatable bonds is 7. The summed E-state index contributed by atoms with van der Waals surface area (Å²) in [6.07, 6.45) is 3.09. The third-order valence-electron chi connectivity index (χ3n) is 3.74. The van der Waals surface area contributed by atoms with E-state index in [1.807, 2.05) is 24.3 Å². The first-order valence-corrected chi connectivity index (χ1v) is 9.10. The van der Waals surface area contributed by atoms with Gasteiger partial charge in [0.25, 0.3) is 0 Å². The van der Waals surface area contributed by atoms with E-state index in [0.29, 0.717) is 12.3 Å². The Bertz CT molecular complexity index is 923. The summed E-state index contributed by atoms with van der Waals surface area (Å²) in [4.78, 5) is 4.11. The third-order valence-corrected chi connectivity index (χ3v) is 5.16. The van der Waals surface area contributed by atoms with Gasteiger partial charge in [-0.15, -0.1) is 0 Å². The van der Waals surface area contributed by atoms with Crippen molar-refractivity contribution in [2.75, 3.05) is 7.11 Å². The van der Waals surface area contributed by atoms with Crippen LogP contribution in [0, 0.1) is 0 Å². The van der Waals surface area contributed by atoms with Gasteiger partial charge in [-0.1, -0.05) is 24.3 Å². The van der Waals surface area contributed by atoms with Gasteiger partial charge in [0.05, 0.1) is 18.6 Å². The van der Waals surface area contributed by atoms with Crippen LogP contribution in [0.1, 0.15) is 11.1 Å². The molecule has 2 aromatic carbocycles. The van der Waals surface area contributed by atoms with E-state index in [0.717, 1.165) is 11.1 Å². The van der Waals surface area contributed by atoms with Gasteiger partial charge in [0.1, 0.15) is 18.4 Å². The van der Waals surface area contributed by atoms with E-state index in [1.54, 1.807) is 23.1 Å². The van der Waals surface area contributed by atoms with Crippen molar-refractivity contribution in [2.24, 2.45) is 0 Å². The first kappa shape index (κ1) is 17.1. The van der Waals surface area contributed by atoms with Crippen LogP contribution < -0.4 is 9.46 Å². The van der Waals surface area contributed by atoms with Crippen molar-refractivity contribution in [2.45, 2.75) is 18.0 Å². The zero-order chi connectivity index (χ0) is 17.7. The minimum Gasteiger partial charge on any atom is -0.497 e. The molecule has 3 aromatic rings. The highest BCUT2D eigenvalue weighted by atomic mass is 32.2. The summed E-state index contributed by atoms with van der Waals surface area (Å²) in [6, 6.07) is 13.9. The number of nitrogens with zero attached hydrogens (tertiary/aromatic N) is 3. The molecule has 0 fully saturated rings. The van der Waals surface area contributed by atoms with E-state index in [1.165, 1.54) is 25.6 Å². The van der Waals surface area contributed by atoms with Gasteiger partial charge >= 0.3 is 0 Å². The Morgan fingerprint density at radius 2 is 1.80 bits per heavy atom. The number of benzene rings is 2. The molecule has 1 heterocycles. The predicted octanol–water partition coefficient (Wildman–Crippen LogP) is 1.81. The Hall–Kier alpha value is -2.71. The third kappa shape index (κ3) is 4.23. The predicted molar refractivity (Wildman–Crippen MR) is 92.6 cm³/mol. The molecular formula is C17H18N4O3S. The fourth-order valence-electron chi connectivity index (χ4n) is 2.38. The lowest BCUT2D eigenvalue weighted by Crippen LogP contribution is -2.24. The summed E-state index contributed by atoms with van der Waals surface area (Å²) in [5, 5.41) is 4.08. The number of nitrogens with one attached hydrogen (secondary N) is 1. The normalized spacial score (nSPS) is 11.4. The summed E-state index contributed by atoms with van der Waals surface area (Å²) < 4.78 is 34.3. The molecule has 0 amide bonds.